The summed E-state index contributed by atoms with van der Waals surface area (Å²) in [7, 11) is 1.66. The maximum absolute atomic E-state index is 12.2. The summed E-state index contributed by atoms with van der Waals surface area (Å²) >= 11 is 0. The minimum absolute atomic E-state index is 0.172. The van der Waals surface area contributed by atoms with Gasteiger partial charge in [0.25, 0.3) is 5.56 Å². The van der Waals surface area contributed by atoms with Crippen molar-refractivity contribution in [3.63, 3.8) is 0 Å². The molecule has 0 bridgehead atoms. The van der Waals surface area contributed by atoms with Crippen LogP contribution < -0.4 is 5.56 Å². The lowest BCUT2D eigenvalue weighted by Crippen LogP contribution is -2.18. The van der Waals surface area contributed by atoms with Crippen molar-refractivity contribution in [2.45, 2.75) is 12.6 Å². The van der Waals surface area contributed by atoms with Crippen molar-refractivity contribution in [3.8, 4) is 11.3 Å². The largest absolute Gasteiger partial charge is 0.396 e. The lowest BCUT2D eigenvalue weighted by Gasteiger charge is -2.06. The van der Waals surface area contributed by atoms with Gasteiger partial charge in [0.1, 0.15) is 12.2 Å². The van der Waals surface area contributed by atoms with Gasteiger partial charge in [-0.05, 0) is 0 Å². The van der Waals surface area contributed by atoms with E-state index in [0.29, 0.717) is 5.56 Å². The zero-order valence-corrected chi connectivity index (χ0v) is 9.32. The Bertz CT molecular complexity index is 614. The lowest BCUT2D eigenvalue weighted by molar-refractivity contribution is -0.128. The maximum Gasteiger partial charge on any atom is 0.396 e. The van der Waals surface area contributed by atoms with Crippen LogP contribution in [-0.4, -0.2) is 25.9 Å². The van der Waals surface area contributed by atoms with Crippen molar-refractivity contribution in [2.24, 2.45) is 7.05 Å². The summed E-state index contributed by atoms with van der Waals surface area (Å²) in [5, 5.41) is 3.87. The number of halogens is 3. The molecular weight excluding hydrogens is 249 g/mol. The molecule has 0 radical (unpaired) electrons. The molecule has 0 aliphatic rings. The molecular formula is C10H9F3N4O. The third-order valence-corrected chi connectivity index (χ3v) is 2.16. The first-order valence-corrected chi connectivity index (χ1v) is 4.99. The van der Waals surface area contributed by atoms with Crippen LogP contribution >= 0.6 is 0 Å². The number of hydrogen-bond donors (Lipinski definition) is 1. The van der Waals surface area contributed by atoms with Gasteiger partial charge in [-0.3, -0.25) is 9.48 Å². The average molecular weight is 258 g/mol. The van der Waals surface area contributed by atoms with Gasteiger partial charge in [0.05, 0.1) is 11.9 Å². The number of nitrogens with one attached hydrogen (secondary N) is 1. The van der Waals surface area contributed by atoms with Crippen LogP contribution in [0.2, 0.25) is 0 Å². The highest BCUT2D eigenvalue weighted by molar-refractivity contribution is 5.56. The van der Waals surface area contributed by atoms with Crippen molar-refractivity contribution in [1.29, 1.82) is 0 Å². The second-order valence-corrected chi connectivity index (χ2v) is 3.77. The summed E-state index contributed by atoms with van der Waals surface area (Å²) in [6.45, 7) is 0. The van der Waals surface area contributed by atoms with Gasteiger partial charge in [0, 0.05) is 24.9 Å². The first-order chi connectivity index (χ1) is 8.33. The van der Waals surface area contributed by atoms with Crippen LogP contribution in [0.25, 0.3) is 11.3 Å². The van der Waals surface area contributed by atoms with Gasteiger partial charge in [-0.1, -0.05) is 0 Å². The van der Waals surface area contributed by atoms with Crippen LogP contribution in [0.4, 0.5) is 13.2 Å². The Morgan fingerprint density at radius 2 is 2.17 bits per heavy atom. The minimum Gasteiger partial charge on any atom is -0.310 e. The fourth-order valence-electron chi connectivity index (χ4n) is 1.48. The van der Waals surface area contributed by atoms with Gasteiger partial charge in [-0.25, -0.2) is 4.98 Å². The molecule has 2 heterocycles. The second kappa shape index (κ2) is 4.28. The molecule has 2 rings (SSSR count). The molecule has 0 aromatic carbocycles. The molecule has 0 unspecified atom stereocenters. The summed E-state index contributed by atoms with van der Waals surface area (Å²) in [5.74, 6) is -0.408. The number of nitrogens with zero attached hydrogens (tertiary/aromatic N) is 3. The monoisotopic (exact) mass is 258 g/mol. The normalized spacial score (nSPS) is 11.8. The topological polar surface area (TPSA) is 63.6 Å². The molecule has 0 amide bonds. The van der Waals surface area contributed by atoms with Gasteiger partial charge in [-0.15, -0.1) is 0 Å². The molecule has 0 spiro atoms. The first-order valence-electron chi connectivity index (χ1n) is 4.99. The molecule has 0 atom stereocenters. The molecule has 0 aliphatic heterocycles. The number of aryl methyl sites for hydroxylation is 1. The number of hydrogen-bond acceptors (Lipinski definition) is 3. The third-order valence-electron chi connectivity index (χ3n) is 2.16. The van der Waals surface area contributed by atoms with Gasteiger partial charge in [0.15, 0.2) is 0 Å². The molecule has 96 valence electrons. The molecule has 2 aromatic rings. The van der Waals surface area contributed by atoms with E-state index in [1.54, 1.807) is 13.2 Å². The minimum atomic E-state index is -4.41. The Morgan fingerprint density at radius 1 is 1.44 bits per heavy atom. The Kier molecular flexibility index (Phi) is 2.93. The van der Waals surface area contributed by atoms with E-state index in [4.69, 9.17) is 0 Å². The van der Waals surface area contributed by atoms with Crippen LogP contribution in [0.1, 0.15) is 5.82 Å². The summed E-state index contributed by atoms with van der Waals surface area (Å²) in [6.07, 6.45) is -2.68. The van der Waals surface area contributed by atoms with E-state index in [-0.39, 0.29) is 5.69 Å². The number of H-pyrrole nitrogens is 1. The van der Waals surface area contributed by atoms with E-state index in [9.17, 15) is 18.0 Å². The van der Waals surface area contributed by atoms with E-state index < -0.39 is 24.0 Å². The summed E-state index contributed by atoms with van der Waals surface area (Å²) in [6, 6.07) is 1.14. The highest BCUT2D eigenvalue weighted by Gasteiger charge is 2.29. The zero-order chi connectivity index (χ0) is 13.3. The van der Waals surface area contributed by atoms with Crippen LogP contribution in [0, 0.1) is 0 Å². The van der Waals surface area contributed by atoms with Crippen molar-refractivity contribution < 1.29 is 13.2 Å². The number of aromatic amines is 1. The van der Waals surface area contributed by atoms with Gasteiger partial charge in [0.2, 0.25) is 0 Å². The zero-order valence-electron chi connectivity index (χ0n) is 9.32. The molecule has 0 saturated carbocycles. The van der Waals surface area contributed by atoms with E-state index in [0.717, 1.165) is 6.07 Å². The van der Waals surface area contributed by atoms with Crippen molar-refractivity contribution in [3.05, 3.63) is 34.6 Å². The number of aromatic nitrogens is 4. The van der Waals surface area contributed by atoms with Crippen LogP contribution in [0.15, 0.2) is 23.3 Å². The average Bonchev–Trinajstić information content (AvgIpc) is 2.61. The molecule has 5 nitrogen and oxygen atoms in total. The maximum atomic E-state index is 12.2. The summed E-state index contributed by atoms with van der Waals surface area (Å²) in [5.41, 5.74) is 0.0428. The van der Waals surface area contributed by atoms with Gasteiger partial charge >= 0.3 is 6.18 Å². The van der Waals surface area contributed by atoms with Crippen molar-refractivity contribution >= 4 is 0 Å². The quantitative estimate of drug-likeness (QED) is 0.882. The molecule has 0 aliphatic carbocycles. The van der Waals surface area contributed by atoms with Crippen molar-refractivity contribution in [1.82, 2.24) is 19.7 Å². The Morgan fingerprint density at radius 3 is 2.72 bits per heavy atom. The van der Waals surface area contributed by atoms with Crippen LogP contribution in [0.3, 0.4) is 0 Å². The van der Waals surface area contributed by atoms with E-state index in [1.807, 2.05) is 0 Å². The predicted octanol–water partition coefficient (Wildman–Crippen LogP) is 1.28. The van der Waals surface area contributed by atoms with Gasteiger partial charge < -0.3 is 4.98 Å². The highest BCUT2D eigenvalue weighted by Crippen LogP contribution is 2.20. The molecule has 18 heavy (non-hydrogen) atoms. The summed E-state index contributed by atoms with van der Waals surface area (Å²) in [4.78, 5) is 17.1. The number of rotatable bonds is 2. The third kappa shape index (κ3) is 2.96. The van der Waals surface area contributed by atoms with Crippen LogP contribution in [-0.2, 0) is 13.5 Å². The van der Waals surface area contributed by atoms with Crippen molar-refractivity contribution in [2.75, 3.05) is 0 Å². The molecule has 0 fully saturated rings. The molecule has 1 N–H and O–H groups in total. The SMILES string of the molecule is Cn1cc(-c2cc(=O)[nH]c(CC(F)(F)F)n2)cn1. The highest BCUT2D eigenvalue weighted by atomic mass is 19.4. The fourth-order valence-corrected chi connectivity index (χ4v) is 1.48. The molecule has 2 aromatic heterocycles. The Balaban J connectivity index is 2.41. The second-order valence-electron chi connectivity index (χ2n) is 3.77. The van der Waals surface area contributed by atoms with E-state index in [2.05, 4.69) is 15.1 Å². The Labute approximate surface area is 99.3 Å². The smallest absolute Gasteiger partial charge is 0.310 e. The van der Waals surface area contributed by atoms with E-state index >= 15 is 0 Å². The fraction of sp³-hybridized carbons (Fsp3) is 0.300. The first kappa shape index (κ1) is 12.3. The number of alkyl halides is 3. The van der Waals surface area contributed by atoms with E-state index in [1.165, 1.54) is 10.9 Å². The standard InChI is InChI=1S/C10H9F3N4O/c1-17-5-6(4-14-17)7-2-9(18)16-8(15-7)3-10(11,12)13/h2,4-5H,3H2,1H3,(H,15,16,18). The lowest BCUT2D eigenvalue weighted by atomic mass is 10.2. The summed E-state index contributed by atoms with van der Waals surface area (Å²) < 4.78 is 38.2. The van der Waals surface area contributed by atoms with Crippen LogP contribution in [0.5, 0.6) is 0 Å². The Hall–Kier alpha value is -2.12. The predicted molar refractivity (Wildman–Crippen MR) is 56.8 cm³/mol. The van der Waals surface area contributed by atoms with Gasteiger partial charge in [-0.2, -0.15) is 18.3 Å². The molecule has 0 saturated heterocycles. The molecule has 8 heteroatoms.